The van der Waals surface area contributed by atoms with Gasteiger partial charge in [-0.3, -0.25) is 4.79 Å². The third-order valence-electron chi connectivity index (χ3n) is 4.27. The van der Waals surface area contributed by atoms with Crippen LogP contribution >= 0.6 is 0 Å². The molecule has 2 aliphatic heterocycles. The number of hydrogen-bond acceptors (Lipinski definition) is 3. The number of nitrogens with one attached hydrogen (secondary N) is 2. The molecule has 2 saturated heterocycles. The molecule has 2 aliphatic rings. The minimum Gasteiger partial charge on any atom is -0.369 e. The minimum atomic E-state index is 0.0297. The molecule has 0 aliphatic carbocycles. The fourth-order valence-corrected chi connectivity index (χ4v) is 3.18. The third-order valence-corrected chi connectivity index (χ3v) is 4.27. The highest BCUT2D eigenvalue weighted by atomic mass is 16.2. The molecule has 2 atom stereocenters. The van der Waals surface area contributed by atoms with Gasteiger partial charge < -0.3 is 15.5 Å². The predicted octanol–water partition coefficient (Wildman–Crippen LogP) is 1.52. The summed E-state index contributed by atoms with van der Waals surface area (Å²) < 4.78 is 0. The van der Waals surface area contributed by atoms with Crippen molar-refractivity contribution in [1.29, 1.82) is 0 Å². The molecule has 1 aromatic carbocycles. The molecule has 0 saturated carbocycles. The maximum atomic E-state index is 12.2. The van der Waals surface area contributed by atoms with E-state index < -0.39 is 0 Å². The van der Waals surface area contributed by atoms with E-state index in [0.29, 0.717) is 0 Å². The molecule has 2 N–H and O–H groups in total. The van der Waals surface area contributed by atoms with Gasteiger partial charge in [0.25, 0.3) is 0 Å². The summed E-state index contributed by atoms with van der Waals surface area (Å²) in [5.74, 6) is 0.183. The lowest BCUT2D eigenvalue weighted by Crippen LogP contribution is -2.51. The van der Waals surface area contributed by atoms with Crippen LogP contribution in [0.5, 0.6) is 0 Å². The Hall–Kier alpha value is -1.55. The summed E-state index contributed by atoms with van der Waals surface area (Å²) in [6.07, 6.45) is 4.31. The van der Waals surface area contributed by atoms with Crippen LogP contribution in [0.4, 0.5) is 5.69 Å². The molecule has 4 heteroatoms. The number of piperidine rings is 1. The second kappa shape index (κ2) is 6.27. The monoisotopic (exact) mass is 273 g/mol. The summed E-state index contributed by atoms with van der Waals surface area (Å²) in [6, 6.07) is 10.8. The van der Waals surface area contributed by atoms with Crippen molar-refractivity contribution in [3.63, 3.8) is 0 Å². The fraction of sp³-hybridized carbons (Fsp3) is 0.562. The zero-order valence-corrected chi connectivity index (χ0v) is 11.8. The van der Waals surface area contributed by atoms with Crippen molar-refractivity contribution in [2.24, 2.45) is 0 Å². The van der Waals surface area contributed by atoms with E-state index in [1.165, 1.54) is 5.69 Å². The molecule has 2 unspecified atom stereocenters. The summed E-state index contributed by atoms with van der Waals surface area (Å²) in [5.41, 5.74) is 1.26. The molecular formula is C16H23N3O. The molecule has 0 aromatic heterocycles. The lowest BCUT2D eigenvalue weighted by atomic mass is 10.0. The normalized spacial score (nSPS) is 26.5. The van der Waals surface area contributed by atoms with Crippen LogP contribution in [0, 0.1) is 0 Å². The van der Waals surface area contributed by atoms with Crippen molar-refractivity contribution in [2.45, 2.75) is 37.8 Å². The van der Waals surface area contributed by atoms with Crippen LogP contribution in [0.25, 0.3) is 0 Å². The Balaban J connectivity index is 1.56. The highest BCUT2D eigenvalue weighted by molar-refractivity contribution is 5.82. The van der Waals surface area contributed by atoms with E-state index >= 15 is 0 Å². The first-order valence-electron chi connectivity index (χ1n) is 7.67. The van der Waals surface area contributed by atoms with Crippen LogP contribution in [0.3, 0.4) is 0 Å². The van der Waals surface area contributed by atoms with Crippen LogP contribution in [-0.4, -0.2) is 37.6 Å². The Morgan fingerprint density at radius 3 is 2.80 bits per heavy atom. The van der Waals surface area contributed by atoms with Gasteiger partial charge in [0.2, 0.25) is 5.91 Å². The van der Waals surface area contributed by atoms with Crippen molar-refractivity contribution in [2.75, 3.05) is 24.5 Å². The minimum absolute atomic E-state index is 0.0297. The molecule has 1 aromatic rings. The summed E-state index contributed by atoms with van der Waals surface area (Å²) in [6.45, 7) is 2.97. The summed E-state index contributed by atoms with van der Waals surface area (Å²) in [4.78, 5) is 14.5. The molecule has 0 bridgehead atoms. The van der Waals surface area contributed by atoms with Crippen molar-refractivity contribution < 1.29 is 4.79 Å². The molecule has 2 fully saturated rings. The van der Waals surface area contributed by atoms with E-state index in [0.717, 1.165) is 45.3 Å². The second-order valence-corrected chi connectivity index (χ2v) is 5.78. The van der Waals surface area contributed by atoms with E-state index in [-0.39, 0.29) is 18.0 Å². The van der Waals surface area contributed by atoms with Crippen molar-refractivity contribution in [3.05, 3.63) is 30.3 Å². The zero-order valence-electron chi connectivity index (χ0n) is 11.8. The molecule has 0 radical (unpaired) electrons. The number of amides is 1. The van der Waals surface area contributed by atoms with Gasteiger partial charge in [-0.15, -0.1) is 0 Å². The Bertz CT molecular complexity index is 442. The number of carbonyl (C=O) groups is 1. The lowest BCUT2D eigenvalue weighted by molar-refractivity contribution is -0.123. The average Bonchev–Trinajstić information content (AvgIpc) is 3.03. The van der Waals surface area contributed by atoms with Gasteiger partial charge in [0.05, 0.1) is 6.04 Å². The first-order chi connectivity index (χ1) is 9.83. The third kappa shape index (κ3) is 3.12. The highest BCUT2D eigenvalue weighted by Gasteiger charge is 2.26. The lowest BCUT2D eigenvalue weighted by Gasteiger charge is -2.35. The van der Waals surface area contributed by atoms with E-state index in [4.69, 9.17) is 0 Å². The number of anilines is 1. The van der Waals surface area contributed by atoms with Crippen LogP contribution in [-0.2, 0) is 4.79 Å². The number of carbonyl (C=O) groups excluding carboxylic acids is 1. The Morgan fingerprint density at radius 1 is 1.20 bits per heavy atom. The second-order valence-electron chi connectivity index (χ2n) is 5.78. The first-order valence-corrected chi connectivity index (χ1v) is 7.67. The van der Waals surface area contributed by atoms with Gasteiger partial charge in [0.1, 0.15) is 0 Å². The standard InChI is InChI=1S/C16H23N3O/c20-16(15-9-4-10-17-15)18-13-6-5-11-19(12-13)14-7-2-1-3-8-14/h1-3,7-8,13,15,17H,4-6,9-12H2,(H,18,20). The van der Waals surface area contributed by atoms with Crippen molar-refractivity contribution in [1.82, 2.24) is 10.6 Å². The fourth-order valence-electron chi connectivity index (χ4n) is 3.18. The molecule has 0 spiro atoms. The van der Waals surface area contributed by atoms with Crippen LogP contribution in [0.1, 0.15) is 25.7 Å². The molecule has 2 heterocycles. The van der Waals surface area contributed by atoms with E-state index in [2.05, 4.69) is 39.8 Å². The number of nitrogens with zero attached hydrogens (tertiary/aromatic N) is 1. The molecule has 20 heavy (non-hydrogen) atoms. The van der Waals surface area contributed by atoms with Crippen LogP contribution in [0.2, 0.25) is 0 Å². The van der Waals surface area contributed by atoms with Crippen molar-refractivity contribution >= 4 is 11.6 Å². The number of benzene rings is 1. The topological polar surface area (TPSA) is 44.4 Å². The number of para-hydroxylation sites is 1. The van der Waals surface area contributed by atoms with Gasteiger partial charge in [-0.05, 0) is 44.4 Å². The molecule has 3 rings (SSSR count). The Labute approximate surface area is 120 Å². The van der Waals surface area contributed by atoms with Gasteiger partial charge in [-0.2, -0.15) is 0 Å². The van der Waals surface area contributed by atoms with E-state index in [1.54, 1.807) is 0 Å². The van der Waals surface area contributed by atoms with Gasteiger partial charge in [-0.25, -0.2) is 0 Å². The zero-order chi connectivity index (χ0) is 13.8. The molecular weight excluding hydrogens is 250 g/mol. The van der Waals surface area contributed by atoms with Gasteiger partial charge in [0.15, 0.2) is 0 Å². The smallest absolute Gasteiger partial charge is 0.237 e. The number of rotatable bonds is 3. The maximum absolute atomic E-state index is 12.2. The van der Waals surface area contributed by atoms with E-state index in [9.17, 15) is 4.79 Å². The Kier molecular flexibility index (Phi) is 4.21. The average molecular weight is 273 g/mol. The van der Waals surface area contributed by atoms with Crippen molar-refractivity contribution in [3.8, 4) is 0 Å². The van der Waals surface area contributed by atoms with Crippen LogP contribution < -0.4 is 15.5 Å². The SMILES string of the molecule is O=C(NC1CCCN(c2ccccc2)C1)C1CCCN1. The molecule has 108 valence electrons. The van der Waals surface area contributed by atoms with Gasteiger partial charge in [-0.1, -0.05) is 18.2 Å². The first kappa shape index (κ1) is 13.4. The predicted molar refractivity (Wildman–Crippen MR) is 80.8 cm³/mol. The van der Waals surface area contributed by atoms with Gasteiger partial charge in [0, 0.05) is 24.8 Å². The summed E-state index contributed by atoms with van der Waals surface area (Å²) >= 11 is 0. The largest absolute Gasteiger partial charge is 0.369 e. The Morgan fingerprint density at radius 2 is 2.05 bits per heavy atom. The summed E-state index contributed by atoms with van der Waals surface area (Å²) in [5, 5.41) is 6.48. The van der Waals surface area contributed by atoms with Crippen LogP contribution in [0.15, 0.2) is 30.3 Å². The number of hydrogen-bond donors (Lipinski definition) is 2. The summed E-state index contributed by atoms with van der Waals surface area (Å²) in [7, 11) is 0. The highest BCUT2D eigenvalue weighted by Crippen LogP contribution is 2.19. The molecule has 1 amide bonds. The van der Waals surface area contributed by atoms with E-state index in [1.807, 2.05) is 6.07 Å². The van der Waals surface area contributed by atoms with Gasteiger partial charge >= 0.3 is 0 Å². The molecule has 4 nitrogen and oxygen atoms in total. The maximum Gasteiger partial charge on any atom is 0.237 e. The quantitative estimate of drug-likeness (QED) is 0.878.